The SMILES string of the molecule is COc1ccc(C)c(-n2c(N)c(C#N)c3ncc(-c4ncccn4)cc3c2=O)c1C. The number of methoxy groups -OCH3 is 1. The van der Waals surface area contributed by atoms with Gasteiger partial charge in [0.05, 0.1) is 23.7 Å². The van der Waals surface area contributed by atoms with Gasteiger partial charge in [-0.15, -0.1) is 0 Å². The van der Waals surface area contributed by atoms with Crippen LogP contribution in [0.5, 0.6) is 5.75 Å². The van der Waals surface area contributed by atoms with E-state index < -0.39 is 0 Å². The van der Waals surface area contributed by atoms with E-state index in [2.05, 4.69) is 21.0 Å². The fraction of sp³-hybridized carbons (Fsp3) is 0.136. The summed E-state index contributed by atoms with van der Waals surface area (Å²) in [4.78, 5) is 26.3. The zero-order valence-corrected chi connectivity index (χ0v) is 16.7. The van der Waals surface area contributed by atoms with Gasteiger partial charge in [-0.2, -0.15) is 5.26 Å². The quantitative estimate of drug-likeness (QED) is 0.563. The molecule has 4 aromatic rings. The molecule has 0 aliphatic carbocycles. The summed E-state index contributed by atoms with van der Waals surface area (Å²) in [6, 6.07) is 9.11. The number of nitrogens with zero attached hydrogens (tertiary/aromatic N) is 5. The molecule has 8 nitrogen and oxygen atoms in total. The van der Waals surface area contributed by atoms with Crippen LogP contribution in [-0.4, -0.2) is 26.6 Å². The van der Waals surface area contributed by atoms with E-state index in [9.17, 15) is 10.1 Å². The molecule has 1 aromatic carbocycles. The number of rotatable bonds is 3. The highest BCUT2D eigenvalue weighted by Gasteiger charge is 2.21. The van der Waals surface area contributed by atoms with Crippen LogP contribution >= 0.6 is 0 Å². The first kappa shape index (κ1) is 19.1. The van der Waals surface area contributed by atoms with Crippen molar-refractivity contribution in [3.8, 4) is 28.9 Å². The van der Waals surface area contributed by atoms with Crippen LogP contribution in [0.15, 0.2) is 47.7 Å². The number of nitrogens with two attached hydrogens (primary N) is 1. The summed E-state index contributed by atoms with van der Waals surface area (Å²) in [6.45, 7) is 3.71. The second-order valence-corrected chi connectivity index (χ2v) is 6.76. The fourth-order valence-corrected chi connectivity index (χ4v) is 3.57. The molecule has 0 bridgehead atoms. The molecule has 0 spiro atoms. The van der Waals surface area contributed by atoms with E-state index >= 15 is 0 Å². The molecule has 2 N–H and O–H groups in total. The van der Waals surface area contributed by atoms with Crippen LogP contribution in [0.4, 0.5) is 5.82 Å². The predicted molar refractivity (Wildman–Crippen MR) is 114 cm³/mol. The zero-order valence-electron chi connectivity index (χ0n) is 16.7. The molecule has 0 saturated carbocycles. The Kier molecular flexibility index (Phi) is 4.64. The number of hydrogen-bond acceptors (Lipinski definition) is 7. The lowest BCUT2D eigenvalue weighted by Gasteiger charge is -2.19. The number of aromatic nitrogens is 4. The smallest absolute Gasteiger partial charge is 0.266 e. The molecule has 0 aliphatic heterocycles. The van der Waals surface area contributed by atoms with Gasteiger partial charge in [-0.1, -0.05) is 6.07 Å². The number of ether oxygens (including phenoxy) is 1. The maximum atomic E-state index is 13.6. The average Bonchev–Trinajstić information content (AvgIpc) is 2.77. The van der Waals surface area contributed by atoms with Crippen molar-refractivity contribution in [1.29, 1.82) is 5.26 Å². The van der Waals surface area contributed by atoms with Crippen molar-refractivity contribution in [2.45, 2.75) is 13.8 Å². The number of nitriles is 1. The molecule has 0 atom stereocenters. The molecule has 0 amide bonds. The molecule has 3 aromatic heterocycles. The second kappa shape index (κ2) is 7.29. The Morgan fingerprint density at radius 3 is 2.57 bits per heavy atom. The van der Waals surface area contributed by atoms with Crippen molar-refractivity contribution in [1.82, 2.24) is 19.5 Å². The molecule has 3 heterocycles. The van der Waals surface area contributed by atoms with Gasteiger partial charge in [0.15, 0.2) is 5.82 Å². The van der Waals surface area contributed by atoms with Crippen LogP contribution in [0.2, 0.25) is 0 Å². The summed E-state index contributed by atoms with van der Waals surface area (Å²) in [7, 11) is 1.56. The molecule has 0 unspecified atom stereocenters. The minimum Gasteiger partial charge on any atom is -0.496 e. The highest BCUT2D eigenvalue weighted by atomic mass is 16.5. The number of benzene rings is 1. The van der Waals surface area contributed by atoms with E-state index in [0.717, 1.165) is 11.1 Å². The summed E-state index contributed by atoms with van der Waals surface area (Å²) in [6.07, 6.45) is 4.75. The lowest BCUT2D eigenvalue weighted by Crippen LogP contribution is -2.25. The normalized spacial score (nSPS) is 10.7. The molecule has 4 rings (SSSR count). The molecule has 148 valence electrons. The van der Waals surface area contributed by atoms with Crippen molar-refractivity contribution < 1.29 is 4.74 Å². The third-order valence-electron chi connectivity index (χ3n) is 5.02. The van der Waals surface area contributed by atoms with E-state index in [-0.39, 0.29) is 27.8 Å². The van der Waals surface area contributed by atoms with Crippen LogP contribution in [-0.2, 0) is 0 Å². The zero-order chi connectivity index (χ0) is 21.4. The largest absolute Gasteiger partial charge is 0.496 e. The molecular formula is C22H18N6O2. The Labute approximate surface area is 172 Å². The number of fused-ring (bicyclic) bond motifs is 1. The maximum absolute atomic E-state index is 13.6. The van der Waals surface area contributed by atoms with Gasteiger partial charge < -0.3 is 10.5 Å². The first-order chi connectivity index (χ1) is 14.5. The number of aryl methyl sites for hydroxylation is 1. The van der Waals surface area contributed by atoms with Gasteiger partial charge in [-0.25, -0.2) is 9.97 Å². The van der Waals surface area contributed by atoms with Crippen molar-refractivity contribution in [2.75, 3.05) is 12.8 Å². The molecule has 0 fully saturated rings. The van der Waals surface area contributed by atoms with E-state index in [1.807, 2.05) is 26.0 Å². The summed E-state index contributed by atoms with van der Waals surface area (Å²) in [5.74, 6) is 1.08. The van der Waals surface area contributed by atoms with Gasteiger partial charge in [-0.05, 0) is 37.6 Å². The van der Waals surface area contributed by atoms with Crippen molar-refractivity contribution >= 4 is 16.7 Å². The second-order valence-electron chi connectivity index (χ2n) is 6.76. The number of pyridine rings is 2. The summed E-state index contributed by atoms with van der Waals surface area (Å²) in [5.41, 5.74) is 9.01. The molecular weight excluding hydrogens is 380 g/mol. The molecule has 0 saturated heterocycles. The minimum atomic E-state index is -0.383. The van der Waals surface area contributed by atoms with Gasteiger partial charge in [-0.3, -0.25) is 14.3 Å². The van der Waals surface area contributed by atoms with Crippen molar-refractivity contribution in [2.24, 2.45) is 0 Å². The molecule has 30 heavy (non-hydrogen) atoms. The number of nitrogen functional groups attached to an aromatic ring is 1. The van der Waals surface area contributed by atoms with E-state index in [1.54, 1.807) is 31.6 Å². The van der Waals surface area contributed by atoms with Crippen LogP contribution < -0.4 is 16.0 Å². The predicted octanol–water partition coefficient (Wildman–Crippen LogP) is 2.92. The fourth-order valence-electron chi connectivity index (χ4n) is 3.57. The van der Waals surface area contributed by atoms with E-state index in [1.165, 1.54) is 10.8 Å². The molecule has 0 radical (unpaired) electrons. The van der Waals surface area contributed by atoms with Crippen molar-refractivity contribution in [3.63, 3.8) is 0 Å². The number of anilines is 1. The minimum absolute atomic E-state index is 0.0330. The Balaban J connectivity index is 2.12. The van der Waals surface area contributed by atoms with Crippen LogP contribution in [0.1, 0.15) is 16.7 Å². The number of hydrogen-bond donors (Lipinski definition) is 1. The Morgan fingerprint density at radius 1 is 1.17 bits per heavy atom. The Bertz CT molecular complexity index is 1390. The lowest BCUT2D eigenvalue weighted by atomic mass is 10.1. The highest BCUT2D eigenvalue weighted by molar-refractivity contribution is 5.90. The van der Waals surface area contributed by atoms with Gasteiger partial charge in [0.1, 0.15) is 23.2 Å². The van der Waals surface area contributed by atoms with Gasteiger partial charge >= 0.3 is 0 Å². The lowest BCUT2D eigenvalue weighted by molar-refractivity contribution is 0.411. The Morgan fingerprint density at radius 2 is 1.90 bits per heavy atom. The van der Waals surface area contributed by atoms with Crippen LogP contribution in [0, 0.1) is 25.2 Å². The maximum Gasteiger partial charge on any atom is 0.266 e. The topological polar surface area (TPSA) is 120 Å². The average molecular weight is 398 g/mol. The first-order valence-corrected chi connectivity index (χ1v) is 9.14. The third kappa shape index (κ3) is 2.84. The van der Waals surface area contributed by atoms with Crippen molar-refractivity contribution in [3.05, 3.63) is 69.9 Å². The summed E-state index contributed by atoms with van der Waals surface area (Å²) < 4.78 is 6.77. The molecule has 0 aliphatic rings. The standard InChI is InChI=1S/C22H18N6O2/c1-12-5-6-17(30-3)13(2)19(12)28-20(24)16(10-23)18-15(22(28)29)9-14(11-27-18)21-25-7-4-8-26-21/h4-9,11H,24H2,1-3H3. The first-order valence-electron chi connectivity index (χ1n) is 9.14. The van der Waals surface area contributed by atoms with Gasteiger partial charge in [0.2, 0.25) is 0 Å². The third-order valence-corrected chi connectivity index (χ3v) is 5.02. The van der Waals surface area contributed by atoms with E-state index in [4.69, 9.17) is 10.5 Å². The van der Waals surface area contributed by atoms with Crippen LogP contribution in [0.3, 0.4) is 0 Å². The Hall–Kier alpha value is -4.25. The monoisotopic (exact) mass is 398 g/mol. The van der Waals surface area contributed by atoms with E-state index in [0.29, 0.717) is 22.8 Å². The van der Waals surface area contributed by atoms with Gasteiger partial charge in [0, 0.05) is 29.7 Å². The highest BCUT2D eigenvalue weighted by Crippen LogP contribution is 2.31. The molecule has 8 heteroatoms. The summed E-state index contributed by atoms with van der Waals surface area (Å²) in [5, 5.41) is 10.0. The summed E-state index contributed by atoms with van der Waals surface area (Å²) >= 11 is 0. The van der Waals surface area contributed by atoms with Gasteiger partial charge in [0.25, 0.3) is 5.56 Å². The van der Waals surface area contributed by atoms with Crippen LogP contribution in [0.25, 0.3) is 28.0 Å².